The van der Waals surface area contributed by atoms with Gasteiger partial charge in [-0.05, 0) is 66.8 Å². The fraction of sp³-hybridized carbons (Fsp3) is 0.208. The van der Waals surface area contributed by atoms with Crippen molar-refractivity contribution in [2.75, 3.05) is 5.32 Å². The lowest BCUT2D eigenvalue weighted by Crippen LogP contribution is -2.17. The predicted octanol–water partition coefficient (Wildman–Crippen LogP) is 4.29. The first-order chi connectivity index (χ1) is 14.6. The van der Waals surface area contributed by atoms with Crippen molar-refractivity contribution >= 4 is 16.6 Å². The second-order valence-corrected chi connectivity index (χ2v) is 7.81. The van der Waals surface area contributed by atoms with Crippen LogP contribution in [0.2, 0.25) is 0 Å². The Kier molecular flexibility index (Phi) is 4.36. The molecule has 30 heavy (non-hydrogen) atoms. The molecule has 1 aliphatic rings. The van der Waals surface area contributed by atoms with E-state index in [0.717, 1.165) is 52.7 Å². The van der Waals surface area contributed by atoms with Crippen LogP contribution in [-0.2, 0) is 13.5 Å². The SMILES string of the molecule is Cn1cc(-c2n[nH]c3ccc(N[C@H]4CCCc5cc(C#N)ccc54)cc23)ccc1=O. The lowest BCUT2D eigenvalue weighted by atomic mass is 9.86. The topological polar surface area (TPSA) is 86.5 Å². The molecule has 1 atom stereocenters. The van der Waals surface area contributed by atoms with Gasteiger partial charge in [-0.3, -0.25) is 9.89 Å². The Bertz CT molecular complexity index is 1360. The first-order valence-electron chi connectivity index (χ1n) is 10.1. The van der Waals surface area contributed by atoms with Crippen LogP contribution in [0.3, 0.4) is 0 Å². The molecular weight excluding hydrogens is 374 g/mol. The third kappa shape index (κ3) is 3.15. The number of pyridine rings is 1. The van der Waals surface area contributed by atoms with E-state index >= 15 is 0 Å². The highest BCUT2D eigenvalue weighted by Crippen LogP contribution is 2.34. The maximum absolute atomic E-state index is 11.7. The molecule has 2 N–H and O–H groups in total. The number of nitrogens with zero attached hydrogens (tertiary/aromatic N) is 3. The Morgan fingerprint density at radius 1 is 1.20 bits per heavy atom. The summed E-state index contributed by atoms with van der Waals surface area (Å²) in [6, 6.07) is 18.0. The van der Waals surface area contributed by atoms with Crippen molar-refractivity contribution in [3.8, 4) is 17.3 Å². The quantitative estimate of drug-likeness (QED) is 0.542. The van der Waals surface area contributed by atoms with E-state index in [4.69, 9.17) is 0 Å². The van der Waals surface area contributed by atoms with Gasteiger partial charge >= 0.3 is 0 Å². The van der Waals surface area contributed by atoms with Crippen LogP contribution in [0.15, 0.2) is 59.5 Å². The highest BCUT2D eigenvalue weighted by molar-refractivity contribution is 5.94. The Balaban J connectivity index is 1.50. The van der Waals surface area contributed by atoms with Gasteiger partial charge < -0.3 is 9.88 Å². The minimum atomic E-state index is -0.0449. The van der Waals surface area contributed by atoms with Crippen LogP contribution >= 0.6 is 0 Å². The lowest BCUT2D eigenvalue weighted by molar-refractivity contribution is 0.600. The molecule has 6 nitrogen and oxygen atoms in total. The Morgan fingerprint density at radius 2 is 2.10 bits per heavy atom. The van der Waals surface area contributed by atoms with Gasteiger partial charge in [-0.25, -0.2) is 0 Å². The standard InChI is InChI=1S/C24H21N5O/c1-29-14-17(6-10-23(29)30)24-20-12-18(7-9-22(20)27-28-24)26-21-4-2-3-16-11-15(13-25)5-8-19(16)21/h5-12,14,21,26H,2-4H2,1H3,(H,27,28)/t21-/m0/s1. The van der Waals surface area contributed by atoms with Crippen LogP contribution in [0.25, 0.3) is 22.2 Å². The molecule has 0 aliphatic heterocycles. The molecule has 0 saturated heterocycles. The molecule has 2 heterocycles. The molecule has 4 aromatic rings. The minimum absolute atomic E-state index is 0.0449. The van der Waals surface area contributed by atoms with Crippen LogP contribution in [0.5, 0.6) is 0 Å². The first-order valence-corrected chi connectivity index (χ1v) is 10.1. The summed E-state index contributed by atoms with van der Waals surface area (Å²) in [5.41, 5.74) is 6.90. The van der Waals surface area contributed by atoms with E-state index < -0.39 is 0 Å². The van der Waals surface area contributed by atoms with Crippen LogP contribution in [-0.4, -0.2) is 14.8 Å². The number of aromatic amines is 1. The number of anilines is 1. The second kappa shape index (κ2) is 7.20. The van der Waals surface area contributed by atoms with E-state index in [1.165, 1.54) is 11.1 Å². The molecule has 0 radical (unpaired) electrons. The molecule has 2 aromatic heterocycles. The number of aryl methyl sites for hydroxylation is 2. The monoisotopic (exact) mass is 395 g/mol. The summed E-state index contributed by atoms with van der Waals surface area (Å²) >= 11 is 0. The molecule has 0 saturated carbocycles. The average molecular weight is 395 g/mol. The highest BCUT2D eigenvalue weighted by atomic mass is 16.1. The van der Waals surface area contributed by atoms with Gasteiger partial charge in [-0.2, -0.15) is 10.4 Å². The summed E-state index contributed by atoms with van der Waals surface area (Å²) in [4.78, 5) is 11.7. The Morgan fingerprint density at radius 3 is 2.93 bits per heavy atom. The predicted molar refractivity (Wildman–Crippen MR) is 117 cm³/mol. The van der Waals surface area contributed by atoms with Crippen molar-refractivity contribution in [2.45, 2.75) is 25.3 Å². The number of nitriles is 1. The van der Waals surface area contributed by atoms with E-state index in [-0.39, 0.29) is 11.6 Å². The summed E-state index contributed by atoms with van der Waals surface area (Å²) in [5.74, 6) is 0. The summed E-state index contributed by atoms with van der Waals surface area (Å²) in [6.07, 6.45) is 4.97. The number of benzene rings is 2. The summed E-state index contributed by atoms with van der Waals surface area (Å²) in [5, 5.41) is 21.4. The molecule has 0 amide bonds. The van der Waals surface area contributed by atoms with Crippen LogP contribution < -0.4 is 10.9 Å². The smallest absolute Gasteiger partial charge is 0.250 e. The van der Waals surface area contributed by atoms with Gasteiger partial charge in [0.2, 0.25) is 5.56 Å². The zero-order valence-corrected chi connectivity index (χ0v) is 16.6. The van der Waals surface area contributed by atoms with Crippen molar-refractivity contribution in [3.05, 3.63) is 81.8 Å². The van der Waals surface area contributed by atoms with E-state index in [0.29, 0.717) is 0 Å². The number of fused-ring (bicyclic) bond motifs is 2. The van der Waals surface area contributed by atoms with Crippen LogP contribution in [0.4, 0.5) is 5.69 Å². The van der Waals surface area contributed by atoms with Crippen molar-refractivity contribution < 1.29 is 0 Å². The Labute approximate surface area is 173 Å². The van der Waals surface area contributed by atoms with Crippen molar-refractivity contribution in [1.29, 1.82) is 5.26 Å². The molecule has 148 valence electrons. The summed E-state index contributed by atoms with van der Waals surface area (Å²) in [6.45, 7) is 0. The van der Waals surface area contributed by atoms with Crippen molar-refractivity contribution in [2.24, 2.45) is 7.05 Å². The van der Waals surface area contributed by atoms with Crippen LogP contribution in [0, 0.1) is 11.3 Å². The second-order valence-electron chi connectivity index (χ2n) is 7.81. The molecule has 6 heteroatoms. The number of aromatic nitrogens is 3. The lowest BCUT2D eigenvalue weighted by Gasteiger charge is -2.27. The van der Waals surface area contributed by atoms with Gasteiger partial charge in [0.25, 0.3) is 0 Å². The summed E-state index contributed by atoms with van der Waals surface area (Å²) in [7, 11) is 1.74. The number of rotatable bonds is 3. The maximum atomic E-state index is 11.7. The average Bonchev–Trinajstić information content (AvgIpc) is 3.19. The molecule has 5 rings (SSSR count). The van der Waals surface area contributed by atoms with E-state index in [9.17, 15) is 10.1 Å². The maximum Gasteiger partial charge on any atom is 0.250 e. The van der Waals surface area contributed by atoms with Gasteiger partial charge in [-0.15, -0.1) is 0 Å². The van der Waals surface area contributed by atoms with Gasteiger partial charge in [0.1, 0.15) is 5.69 Å². The molecule has 0 unspecified atom stereocenters. The third-order valence-electron chi connectivity index (χ3n) is 5.85. The number of nitrogens with one attached hydrogen (secondary N) is 2. The zero-order chi connectivity index (χ0) is 20.7. The molecule has 0 fully saturated rings. The molecule has 2 aromatic carbocycles. The minimum Gasteiger partial charge on any atom is -0.378 e. The van der Waals surface area contributed by atoms with E-state index in [2.05, 4.69) is 39.8 Å². The normalized spacial score (nSPS) is 15.5. The largest absolute Gasteiger partial charge is 0.378 e. The van der Waals surface area contributed by atoms with Crippen molar-refractivity contribution in [1.82, 2.24) is 14.8 Å². The van der Waals surface area contributed by atoms with Gasteiger partial charge in [0, 0.05) is 35.9 Å². The Hall–Kier alpha value is -3.85. The molecular formula is C24H21N5O. The fourth-order valence-electron chi connectivity index (χ4n) is 4.29. The van der Waals surface area contributed by atoms with E-state index in [1.807, 2.05) is 30.5 Å². The number of hydrogen-bond donors (Lipinski definition) is 2. The number of hydrogen-bond acceptors (Lipinski definition) is 4. The molecule has 1 aliphatic carbocycles. The number of H-pyrrole nitrogens is 1. The fourth-order valence-corrected chi connectivity index (χ4v) is 4.29. The first kappa shape index (κ1) is 18.2. The van der Waals surface area contributed by atoms with Crippen molar-refractivity contribution in [3.63, 3.8) is 0 Å². The van der Waals surface area contributed by atoms with Gasteiger partial charge in [0.15, 0.2) is 0 Å². The van der Waals surface area contributed by atoms with Gasteiger partial charge in [0.05, 0.1) is 23.2 Å². The zero-order valence-electron chi connectivity index (χ0n) is 16.6. The van der Waals surface area contributed by atoms with E-state index in [1.54, 1.807) is 17.7 Å². The van der Waals surface area contributed by atoms with Crippen LogP contribution in [0.1, 0.15) is 35.6 Å². The summed E-state index contributed by atoms with van der Waals surface area (Å²) < 4.78 is 1.56. The third-order valence-corrected chi connectivity index (χ3v) is 5.85. The highest BCUT2D eigenvalue weighted by Gasteiger charge is 2.21. The van der Waals surface area contributed by atoms with Gasteiger partial charge in [-0.1, -0.05) is 6.07 Å². The molecule has 0 spiro atoms. The molecule has 0 bridgehead atoms.